The first-order valence-corrected chi connectivity index (χ1v) is 5.97. The van der Waals surface area contributed by atoms with Gasteiger partial charge < -0.3 is 5.92 Å². The van der Waals surface area contributed by atoms with E-state index >= 15 is 0 Å². The van der Waals surface area contributed by atoms with Crippen LogP contribution in [0.25, 0.3) is 0 Å². The average Bonchev–Trinajstić information content (AvgIpc) is 1.65. The van der Waals surface area contributed by atoms with Crippen LogP contribution in [0.1, 0.15) is 20.3 Å². The van der Waals surface area contributed by atoms with Gasteiger partial charge in [-0.2, -0.15) is 19.4 Å². The van der Waals surface area contributed by atoms with E-state index in [1.807, 2.05) is 0 Å². The molecular formula is C7H16SiY-. The van der Waals surface area contributed by atoms with E-state index in [2.05, 4.69) is 26.9 Å². The molecule has 0 aliphatic heterocycles. The van der Waals surface area contributed by atoms with Gasteiger partial charge in [0.25, 0.3) is 0 Å². The Morgan fingerprint density at radius 3 is 1.89 bits per heavy atom. The second-order valence-corrected chi connectivity index (χ2v) is 5.46. The first-order valence-electron chi connectivity index (χ1n) is 3.27. The van der Waals surface area contributed by atoms with Gasteiger partial charge in [-0.3, -0.25) is 0 Å². The molecule has 0 unspecified atom stereocenters. The summed E-state index contributed by atoms with van der Waals surface area (Å²) >= 11 is 0. The molecule has 0 N–H and O–H groups in total. The van der Waals surface area contributed by atoms with Crippen molar-refractivity contribution in [1.29, 1.82) is 0 Å². The summed E-state index contributed by atoms with van der Waals surface area (Å²) in [5.74, 6) is 1.67. The van der Waals surface area contributed by atoms with E-state index < -0.39 is 0 Å². The molecule has 0 bridgehead atoms. The molecule has 0 aromatic rings. The van der Waals surface area contributed by atoms with Crippen LogP contribution in [-0.4, -0.2) is 8.80 Å². The summed E-state index contributed by atoms with van der Waals surface area (Å²) in [6.07, 6.45) is 1.27. The molecule has 0 rings (SSSR count). The van der Waals surface area contributed by atoms with Gasteiger partial charge in [0.2, 0.25) is 0 Å². The van der Waals surface area contributed by atoms with Crippen LogP contribution in [0, 0.1) is 5.92 Å². The van der Waals surface area contributed by atoms with E-state index in [9.17, 15) is 0 Å². The van der Waals surface area contributed by atoms with Gasteiger partial charge in [-0.05, 0) is 0 Å². The SMILES string of the molecule is CC[C-](C)C[Si](C)C.[Y]. The van der Waals surface area contributed by atoms with Crippen molar-refractivity contribution in [2.45, 2.75) is 39.4 Å². The van der Waals surface area contributed by atoms with Crippen LogP contribution in [-0.2, 0) is 32.7 Å². The molecule has 0 aromatic heterocycles. The van der Waals surface area contributed by atoms with Crippen molar-refractivity contribution < 1.29 is 32.7 Å². The predicted octanol–water partition coefficient (Wildman–Crippen LogP) is 2.74. The molecule has 52 valence electrons. The van der Waals surface area contributed by atoms with Gasteiger partial charge in [-0.15, -0.1) is 0 Å². The summed E-state index contributed by atoms with van der Waals surface area (Å²) in [7, 11) is 0.0171. The first-order chi connectivity index (χ1) is 3.66. The summed E-state index contributed by atoms with van der Waals surface area (Å²) < 4.78 is 0. The van der Waals surface area contributed by atoms with Crippen LogP contribution in [0.2, 0.25) is 19.1 Å². The molecule has 0 amide bonds. The van der Waals surface area contributed by atoms with Gasteiger partial charge in [0, 0.05) is 41.5 Å². The topological polar surface area (TPSA) is 0 Å². The molecule has 0 atom stereocenters. The molecule has 0 aliphatic carbocycles. The van der Waals surface area contributed by atoms with Crippen molar-refractivity contribution in [1.82, 2.24) is 0 Å². The second-order valence-electron chi connectivity index (χ2n) is 2.69. The van der Waals surface area contributed by atoms with Crippen LogP contribution < -0.4 is 0 Å². The third kappa shape index (κ3) is 9.32. The number of hydrogen-bond donors (Lipinski definition) is 0. The Bertz CT molecular complexity index is 54.9. The molecule has 0 aromatic carbocycles. The fourth-order valence-corrected chi connectivity index (χ4v) is 2.19. The quantitative estimate of drug-likeness (QED) is 0.503. The van der Waals surface area contributed by atoms with Crippen LogP contribution in [0.4, 0.5) is 0 Å². The molecular weight excluding hydrogens is 201 g/mol. The zero-order valence-corrected chi connectivity index (χ0v) is 10.8. The minimum absolute atomic E-state index is 0. The van der Waals surface area contributed by atoms with E-state index in [0.29, 0.717) is 0 Å². The van der Waals surface area contributed by atoms with E-state index in [-0.39, 0.29) is 41.5 Å². The third-order valence-corrected chi connectivity index (χ3v) is 2.57. The molecule has 0 spiro atoms. The predicted molar refractivity (Wildman–Crippen MR) is 41.5 cm³/mol. The van der Waals surface area contributed by atoms with E-state index in [4.69, 9.17) is 0 Å². The summed E-state index contributed by atoms with van der Waals surface area (Å²) in [6, 6.07) is 1.40. The number of rotatable bonds is 3. The zero-order chi connectivity index (χ0) is 6.57. The van der Waals surface area contributed by atoms with Gasteiger partial charge in [0.15, 0.2) is 0 Å². The largest absolute Gasteiger partial charge is 0.320 e. The van der Waals surface area contributed by atoms with Gasteiger partial charge in [0.05, 0.1) is 0 Å². The Morgan fingerprint density at radius 1 is 1.33 bits per heavy atom. The molecule has 9 heavy (non-hydrogen) atoms. The van der Waals surface area contributed by atoms with E-state index in [0.717, 1.165) is 0 Å². The number of hydrogen-bond acceptors (Lipinski definition) is 0. The van der Waals surface area contributed by atoms with Crippen molar-refractivity contribution in [3.63, 3.8) is 0 Å². The Morgan fingerprint density at radius 2 is 1.78 bits per heavy atom. The summed E-state index contributed by atoms with van der Waals surface area (Å²) in [6.45, 7) is 9.23. The maximum absolute atomic E-state index is 2.36. The standard InChI is InChI=1S/C7H16Si.Y/c1-5-7(2)6-8(3)4;/h5-6H2,1-4H3;/q-1;. The van der Waals surface area contributed by atoms with Crippen LogP contribution in [0.15, 0.2) is 0 Å². The van der Waals surface area contributed by atoms with Gasteiger partial charge >= 0.3 is 0 Å². The summed E-state index contributed by atoms with van der Waals surface area (Å²) in [4.78, 5) is 0. The minimum Gasteiger partial charge on any atom is -0.320 e. The van der Waals surface area contributed by atoms with Crippen LogP contribution in [0.5, 0.6) is 0 Å². The van der Waals surface area contributed by atoms with Crippen molar-refractivity contribution >= 4 is 8.80 Å². The summed E-state index contributed by atoms with van der Waals surface area (Å²) in [5, 5.41) is 0. The van der Waals surface area contributed by atoms with Crippen molar-refractivity contribution in [3.05, 3.63) is 5.92 Å². The normalized spacial score (nSPS) is 10.0. The second kappa shape index (κ2) is 7.43. The van der Waals surface area contributed by atoms with Crippen molar-refractivity contribution in [2.24, 2.45) is 0 Å². The van der Waals surface area contributed by atoms with Gasteiger partial charge in [0.1, 0.15) is 0 Å². The summed E-state index contributed by atoms with van der Waals surface area (Å²) in [5.41, 5.74) is 0. The van der Waals surface area contributed by atoms with Gasteiger partial charge in [-0.25, -0.2) is 0 Å². The van der Waals surface area contributed by atoms with E-state index in [1.165, 1.54) is 12.5 Å². The zero-order valence-electron chi connectivity index (χ0n) is 6.99. The van der Waals surface area contributed by atoms with Crippen LogP contribution >= 0.6 is 0 Å². The Labute approximate surface area is 86.3 Å². The molecule has 2 heteroatoms. The molecule has 0 aliphatic rings. The Balaban J connectivity index is 0. The molecule has 0 saturated heterocycles. The average molecular weight is 217 g/mol. The Kier molecular flexibility index (Phi) is 10.7. The monoisotopic (exact) mass is 217 g/mol. The minimum atomic E-state index is 0. The third-order valence-electron chi connectivity index (χ3n) is 1.26. The Hall–Kier alpha value is 1.32. The van der Waals surface area contributed by atoms with Crippen molar-refractivity contribution in [3.8, 4) is 0 Å². The molecule has 2 radical (unpaired) electrons. The molecule has 0 fully saturated rings. The molecule has 0 saturated carbocycles. The maximum atomic E-state index is 2.36. The van der Waals surface area contributed by atoms with E-state index in [1.54, 1.807) is 5.92 Å². The van der Waals surface area contributed by atoms with Crippen LogP contribution in [0.3, 0.4) is 0 Å². The molecule has 0 nitrogen and oxygen atoms in total. The molecule has 0 heterocycles. The van der Waals surface area contributed by atoms with Gasteiger partial charge in [-0.1, -0.05) is 20.0 Å². The fraction of sp³-hybridized carbons (Fsp3) is 0.857. The maximum Gasteiger partial charge on any atom is 0.0102 e. The smallest absolute Gasteiger partial charge is 0.0102 e. The first kappa shape index (κ1) is 13.0. The fourth-order valence-electron chi connectivity index (χ4n) is 0.729. The van der Waals surface area contributed by atoms with Crippen molar-refractivity contribution in [2.75, 3.05) is 0 Å².